The Bertz CT molecular complexity index is 833. The molecule has 130 valence electrons. The van der Waals surface area contributed by atoms with Crippen molar-refractivity contribution in [3.63, 3.8) is 0 Å². The number of benzene rings is 2. The maximum Gasteiger partial charge on any atom is 0.257 e. The molecule has 1 fully saturated rings. The van der Waals surface area contributed by atoms with Crippen LogP contribution in [0.1, 0.15) is 33.6 Å². The second kappa shape index (κ2) is 7.33. The summed E-state index contributed by atoms with van der Waals surface area (Å²) in [4.78, 5) is 26.3. The van der Waals surface area contributed by atoms with Crippen LogP contribution in [0.2, 0.25) is 10.0 Å². The summed E-state index contributed by atoms with van der Waals surface area (Å²) in [5, 5.41) is 3.56. The topological polar surface area (TPSA) is 75.4 Å². The van der Waals surface area contributed by atoms with Gasteiger partial charge >= 0.3 is 0 Å². The number of rotatable bonds is 4. The van der Waals surface area contributed by atoms with E-state index in [1.807, 2.05) is 6.07 Å². The van der Waals surface area contributed by atoms with Gasteiger partial charge in [-0.2, -0.15) is 0 Å². The zero-order valence-corrected chi connectivity index (χ0v) is 14.9. The third-order valence-corrected chi connectivity index (χ3v) is 4.70. The van der Waals surface area contributed by atoms with Gasteiger partial charge in [-0.15, -0.1) is 0 Å². The Hall–Kier alpha value is -2.24. The average Bonchev–Trinajstić information content (AvgIpc) is 3.08. The lowest BCUT2D eigenvalue weighted by molar-refractivity contribution is 0.0996. The summed E-state index contributed by atoms with van der Waals surface area (Å²) in [5.74, 6) is -0.920. The predicted octanol–water partition coefficient (Wildman–Crippen LogP) is 3.94. The lowest BCUT2D eigenvalue weighted by Gasteiger charge is -2.22. The first kappa shape index (κ1) is 17.6. The minimum absolute atomic E-state index is 0.263. The minimum atomic E-state index is -0.548. The van der Waals surface area contributed by atoms with Gasteiger partial charge in [-0.1, -0.05) is 23.2 Å². The third kappa shape index (κ3) is 3.89. The first-order valence-corrected chi connectivity index (χ1v) is 8.66. The molecule has 0 aliphatic carbocycles. The van der Waals surface area contributed by atoms with Crippen LogP contribution in [-0.4, -0.2) is 24.9 Å². The fourth-order valence-electron chi connectivity index (χ4n) is 2.89. The molecule has 1 heterocycles. The number of nitrogens with zero attached hydrogens (tertiary/aromatic N) is 1. The lowest BCUT2D eigenvalue weighted by atomic mass is 10.1. The molecule has 1 aliphatic rings. The van der Waals surface area contributed by atoms with Crippen molar-refractivity contribution < 1.29 is 9.59 Å². The molecule has 0 saturated carbocycles. The van der Waals surface area contributed by atoms with Crippen molar-refractivity contribution in [3.05, 3.63) is 57.6 Å². The van der Waals surface area contributed by atoms with Gasteiger partial charge in [-0.25, -0.2) is 0 Å². The fourth-order valence-corrected chi connectivity index (χ4v) is 3.38. The molecule has 1 aliphatic heterocycles. The van der Waals surface area contributed by atoms with E-state index in [4.69, 9.17) is 28.9 Å². The van der Waals surface area contributed by atoms with Crippen LogP contribution < -0.4 is 16.0 Å². The molecule has 25 heavy (non-hydrogen) atoms. The number of amides is 2. The highest BCUT2D eigenvalue weighted by atomic mass is 35.5. The molecule has 2 amide bonds. The number of anilines is 2. The predicted molar refractivity (Wildman–Crippen MR) is 101 cm³/mol. The van der Waals surface area contributed by atoms with Crippen molar-refractivity contribution in [2.24, 2.45) is 5.73 Å². The van der Waals surface area contributed by atoms with Crippen LogP contribution in [-0.2, 0) is 0 Å². The molecule has 3 rings (SSSR count). The average molecular weight is 378 g/mol. The van der Waals surface area contributed by atoms with Gasteiger partial charge in [0.15, 0.2) is 0 Å². The van der Waals surface area contributed by atoms with Crippen molar-refractivity contribution in [3.8, 4) is 0 Å². The molecule has 7 heteroatoms. The van der Waals surface area contributed by atoms with Crippen molar-refractivity contribution in [2.45, 2.75) is 12.8 Å². The normalized spacial score (nSPS) is 13.8. The Kier molecular flexibility index (Phi) is 5.16. The third-order valence-electron chi connectivity index (χ3n) is 4.15. The first-order valence-electron chi connectivity index (χ1n) is 7.91. The van der Waals surface area contributed by atoms with E-state index in [2.05, 4.69) is 10.2 Å². The molecule has 0 atom stereocenters. The van der Waals surface area contributed by atoms with Gasteiger partial charge in [-0.05, 0) is 49.2 Å². The van der Waals surface area contributed by atoms with E-state index in [1.165, 1.54) is 6.07 Å². The fraction of sp³-hybridized carbons (Fsp3) is 0.222. The molecule has 0 bridgehead atoms. The van der Waals surface area contributed by atoms with Gasteiger partial charge in [-0.3, -0.25) is 9.59 Å². The number of nitrogens with two attached hydrogens (primary N) is 1. The molecule has 0 unspecified atom stereocenters. The monoisotopic (exact) mass is 377 g/mol. The van der Waals surface area contributed by atoms with Crippen LogP contribution in [0.4, 0.5) is 11.4 Å². The summed E-state index contributed by atoms with van der Waals surface area (Å²) in [5.41, 5.74) is 7.41. The van der Waals surface area contributed by atoms with E-state index in [-0.39, 0.29) is 10.9 Å². The largest absolute Gasteiger partial charge is 0.370 e. The standard InChI is InChI=1S/C18H17Cl2N3O2/c19-12-4-5-13(14(20)10-12)18(25)22-15-9-11(17(21)24)3-6-16(15)23-7-1-2-8-23/h3-6,9-10H,1-2,7-8H2,(H2,21,24)(H,22,25). The number of carbonyl (C=O) groups excluding carboxylic acids is 2. The van der Waals surface area contributed by atoms with Crippen molar-refractivity contribution in [1.29, 1.82) is 0 Å². The van der Waals surface area contributed by atoms with E-state index in [0.29, 0.717) is 21.8 Å². The van der Waals surface area contributed by atoms with Crippen molar-refractivity contribution in [1.82, 2.24) is 0 Å². The zero-order chi connectivity index (χ0) is 18.0. The number of halogens is 2. The van der Waals surface area contributed by atoms with Gasteiger partial charge in [0.05, 0.1) is 22.0 Å². The van der Waals surface area contributed by atoms with E-state index in [1.54, 1.807) is 24.3 Å². The Balaban J connectivity index is 1.94. The molecular weight excluding hydrogens is 361 g/mol. The van der Waals surface area contributed by atoms with E-state index in [0.717, 1.165) is 31.6 Å². The summed E-state index contributed by atoms with van der Waals surface area (Å²) in [6.07, 6.45) is 2.18. The second-order valence-corrected chi connectivity index (χ2v) is 6.71. The summed E-state index contributed by atoms with van der Waals surface area (Å²) in [6, 6.07) is 9.75. The van der Waals surface area contributed by atoms with E-state index >= 15 is 0 Å². The van der Waals surface area contributed by atoms with Gasteiger partial charge in [0, 0.05) is 23.7 Å². The summed E-state index contributed by atoms with van der Waals surface area (Å²) < 4.78 is 0. The van der Waals surface area contributed by atoms with Crippen molar-refractivity contribution >= 4 is 46.4 Å². The van der Waals surface area contributed by atoms with E-state index < -0.39 is 5.91 Å². The van der Waals surface area contributed by atoms with Crippen LogP contribution in [0, 0.1) is 0 Å². The second-order valence-electron chi connectivity index (χ2n) is 5.87. The minimum Gasteiger partial charge on any atom is -0.370 e. The molecule has 3 N–H and O–H groups in total. The quantitative estimate of drug-likeness (QED) is 0.846. The molecule has 2 aromatic rings. The Morgan fingerprint density at radius 3 is 2.40 bits per heavy atom. The van der Waals surface area contributed by atoms with Crippen LogP contribution in [0.15, 0.2) is 36.4 Å². The van der Waals surface area contributed by atoms with Gasteiger partial charge in [0.2, 0.25) is 5.91 Å². The molecule has 2 aromatic carbocycles. The highest BCUT2D eigenvalue weighted by molar-refractivity contribution is 6.37. The molecular formula is C18H17Cl2N3O2. The summed E-state index contributed by atoms with van der Waals surface area (Å²) >= 11 is 12.0. The number of primary amides is 1. The highest BCUT2D eigenvalue weighted by Gasteiger charge is 2.19. The Morgan fingerprint density at radius 2 is 1.76 bits per heavy atom. The Morgan fingerprint density at radius 1 is 1.04 bits per heavy atom. The van der Waals surface area contributed by atoms with Crippen LogP contribution >= 0.6 is 23.2 Å². The van der Waals surface area contributed by atoms with Crippen LogP contribution in [0.25, 0.3) is 0 Å². The van der Waals surface area contributed by atoms with Gasteiger partial charge in [0.1, 0.15) is 0 Å². The first-order chi connectivity index (χ1) is 12.0. The molecule has 0 radical (unpaired) electrons. The number of nitrogens with one attached hydrogen (secondary N) is 1. The number of carbonyl (C=O) groups is 2. The smallest absolute Gasteiger partial charge is 0.257 e. The van der Waals surface area contributed by atoms with E-state index in [9.17, 15) is 9.59 Å². The molecule has 0 spiro atoms. The SMILES string of the molecule is NC(=O)c1ccc(N2CCCC2)c(NC(=O)c2ccc(Cl)cc2Cl)c1. The molecule has 5 nitrogen and oxygen atoms in total. The summed E-state index contributed by atoms with van der Waals surface area (Å²) in [7, 11) is 0. The van der Waals surface area contributed by atoms with Crippen molar-refractivity contribution in [2.75, 3.05) is 23.3 Å². The van der Waals surface area contributed by atoms with Crippen LogP contribution in [0.5, 0.6) is 0 Å². The van der Waals surface area contributed by atoms with Gasteiger partial charge < -0.3 is 16.0 Å². The van der Waals surface area contributed by atoms with Gasteiger partial charge in [0.25, 0.3) is 5.91 Å². The zero-order valence-electron chi connectivity index (χ0n) is 13.4. The maximum absolute atomic E-state index is 12.6. The summed E-state index contributed by atoms with van der Waals surface area (Å²) in [6.45, 7) is 1.81. The Labute approximate surface area is 155 Å². The number of hydrogen-bond acceptors (Lipinski definition) is 3. The van der Waals surface area contributed by atoms with Crippen LogP contribution in [0.3, 0.4) is 0 Å². The molecule has 1 saturated heterocycles. The highest BCUT2D eigenvalue weighted by Crippen LogP contribution is 2.31. The lowest BCUT2D eigenvalue weighted by Crippen LogP contribution is -2.22. The molecule has 0 aromatic heterocycles. The number of hydrogen-bond donors (Lipinski definition) is 2. The maximum atomic E-state index is 12.6.